The molecule has 1 fully saturated rings. The van der Waals surface area contributed by atoms with Crippen molar-refractivity contribution in [2.75, 3.05) is 13.2 Å². The third kappa shape index (κ3) is 4.05. The molecule has 3 aromatic rings. The van der Waals surface area contributed by atoms with Gasteiger partial charge in [-0.25, -0.2) is 9.50 Å². The van der Waals surface area contributed by atoms with Crippen LogP contribution in [0.4, 0.5) is 13.2 Å². The highest BCUT2D eigenvalue weighted by Gasteiger charge is 2.37. The molecule has 1 aliphatic heterocycles. The summed E-state index contributed by atoms with van der Waals surface area (Å²) in [6.07, 6.45) is -3.11. The number of furan rings is 1. The van der Waals surface area contributed by atoms with Crippen molar-refractivity contribution in [1.82, 2.24) is 19.9 Å². The van der Waals surface area contributed by atoms with Gasteiger partial charge in [0.2, 0.25) is 0 Å². The molecule has 7 nitrogen and oxygen atoms in total. The van der Waals surface area contributed by atoms with Gasteiger partial charge < -0.3 is 14.5 Å². The van der Waals surface area contributed by atoms with Crippen molar-refractivity contribution in [3.05, 3.63) is 38.7 Å². The average molecular weight is 538 g/mol. The molecule has 1 aliphatic rings. The first-order valence-electron chi connectivity index (χ1n) is 8.56. The summed E-state index contributed by atoms with van der Waals surface area (Å²) in [6, 6.07) is 3.86. The minimum Gasteiger partial charge on any atom is -0.448 e. The summed E-state index contributed by atoms with van der Waals surface area (Å²) >= 11 is 6.29. The molecule has 0 radical (unpaired) electrons. The topological polar surface area (TPSA) is 81.7 Å². The normalized spacial score (nSPS) is 17.2. The minimum absolute atomic E-state index is 0.0394. The van der Waals surface area contributed by atoms with Crippen molar-refractivity contribution in [1.29, 1.82) is 0 Å². The first kappa shape index (κ1) is 20.4. The van der Waals surface area contributed by atoms with Gasteiger partial charge in [0, 0.05) is 13.2 Å². The fourth-order valence-electron chi connectivity index (χ4n) is 3.01. The van der Waals surface area contributed by atoms with E-state index in [4.69, 9.17) is 9.15 Å². The van der Waals surface area contributed by atoms with E-state index < -0.39 is 17.8 Å². The molecule has 1 saturated heterocycles. The van der Waals surface area contributed by atoms with Gasteiger partial charge in [0.15, 0.2) is 27.5 Å². The maximum atomic E-state index is 13.7. The Balaban J connectivity index is 1.75. The number of fused-ring (bicyclic) bond motifs is 1. The number of halogens is 5. The Labute approximate surface area is 178 Å². The molecule has 4 rings (SSSR count). The summed E-state index contributed by atoms with van der Waals surface area (Å²) in [6.45, 7) is 0.882. The number of nitrogens with zero attached hydrogens (tertiary/aromatic N) is 3. The molecule has 0 aromatic carbocycles. The molecule has 3 aromatic heterocycles. The van der Waals surface area contributed by atoms with Crippen LogP contribution in [0.2, 0.25) is 0 Å². The van der Waals surface area contributed by atoms with Crippen LogP contribution < -0.4 is 5.32 Å². The van der Waals surface area contributed by atoms with Gasteiger partial charge in [0.25, 0.3) is 5.91 Å². The van der Waals surface area contributed by atoms with E-state index in [1.807, 2.05) is 0 Å². The lowest BCUT2D eigenvalue weighted by molar-refractivity contribution is -0.142. The highest BCUT2D eigenvalue weighted by molar-refractivity contribution is 9.10. The van der Waals surface area contributed by atoms with Gasteiger partial charge >= 0.3 is 6.18 Å². The number of hydrogen-bond acceptors (Lipinski definition) is 5. The van der Waals surface area contributed by atoms with Crippen LogP contribution in [0.25, 0.3) is 17.1 Å². The van der Waals surface area contributed by atoms with Crippen LogP contribution in [-0.4, -0.2) is 39.8 Å². The Bertz CT molecular complexity index is 1070. The van der Waals surface area contributed by atoms with E-state index in [-0.39, 0.29) is 39.9 Å². The van der Waals surface area contributed by atoms with E-state index in [2.05, 4.69) is 47.3 Å². The van der Waals surface area contributed by atoms with Crippen LogP contribution in [0.1, 0.15) is 29.0 Å². The predicted octanol–water partition coefficient (Wildman–Crippen LogP) is 4.44. The lowest BCUT2D eigenvalue weighted by Gasteiger charge is -2.10. The third-order valence-corrected chi connectivity index (χ3v) is 5.53. The van der Waals surface area contributed by atoms with Crippen LogP contribution in [0, 0.1) is 0 Å². The highest BCUT2D eigenvalue weighted by atomic mass is 79.9. The molecule has 1 atom stereocenters. The van der Waals surface area contributed by atoms with E-state index in [0.29, 0.717) is 15.8 Å². The SMILES string of the molecule is O=C(NC[C@@H]1CCCO1)c1nn2c(C(F)(F)F)cc(-c3ccc(Br)o3)nc2c1Br. The first-order chi connectivity index (χ1) is 13.7. The second-order valence-electron chi connectivity index (χ2n) is 6.37. The smallest absolute Gasteiger partial charge is 0.433 e. The van der Waals surface area contributed by atoms with E-state index >= 15 is 0 Å². The fourth-order valence-corrected chi connectivity index (χ4v) is 3.83. The number of nitrogens with one attached hydrogen (secondary N) is 1. The number of rotatable bonds is 4. The number of amides is 1. The molecule has 0 unspecified atom stereocenters. The van der Waals surface area contributed by atoms with Crippen molar-refractivity contribution in [3.63, 3.8) is 0 Å². The fraction of sp³-hybridized carbons (Fsp3) is 0.353. The zero-order valence-electron chi connectivity index (χ0n) is 14.6. The molecule has 0 spiro atoms. The van der Waals surface area contributed by atoms with Gasteiger partial charge in [-0.1, -0.05) is 0 Å². The second-order valence-corrected chi connectivity index (χ2v) is 7.95. The average Bonchev–Trinajstić information content (AvgIpc) is 3.39. The number of alkyl halides is 3. The summed E-state index contributed by atoms with van der Waals surface area (Å²) in [5.41, 5.74) is -1.46. The maximum absolute atomic E-state index is 13.7. The van der Waals surface area contributed by atoms with Gasteiger partial charge in [-0.05, 0) is 62.9 Å². The molecule has 29 heavy (non-hydrogen) atoms. The molecule has 0 saturated carbocycles. The van der Waals surface area contributed by atoms with Crippen LogP contribution in [0.3, 0.4) is 0 Å². The van der Waals surface area contributed by atoms with Gasteiger partial charge in [-0.15, -0.1) is 0 Å². The predicted molar refractivity (Wildman–Crippen MR) is 102 cm³/mol. The Kier molecular flexibility index (Phi) is 5.42. The van der Waals surface area contributed by atoms with Crippen LogP contribution in [0.5, 0.6) is 0 Å². The van der Waals surface area contributed by atoms with Crippen molar-refractivity contribution >= 4 is 43.4 Å². The molecule has 0 bridgehead atoms. The molecule has 4 heterocycles. The monoisotopic (exact) mass is 536 g/mol. The molecule has 1 amide bonds. The number of aromatic nitrogens is 3. The standard InChI is InChI=1S/C17H13Br2F3N4O3/c18-12-4-3-10(29-12)9-6-11(17(20,21)22)26-15(24-9)13(19)14(25-26)16(27)23-7-8-2-1-5-28-8/h3-4,6,8H,1-2,5,7H2,(H,23,27)/t8-/m0/s1. The van der Waals surface area contributed by atoms with E-state index in [1.54, 1.807) is 6.07 Å². The number of hydrogen-bond donors (Lipinski definition) is 1. The van der Waals surface area contributed by atoms with Crippen LogP contribution in [0.15, 0.2) is 31.8 Å². The first-order valence-corrected chi connectivity index (χ1v) is 10.1. The van der Waals surface area contributed by atoms with Crippen molar-refractivity contribution in [2.45, 2.75) is 25.1 Å². The summed E-state index contributed by atoms with van der Waals surface area (Å²) < 4.78 is 52.7. The van der Waals surface area contributed by atoms with Gasteiger partial charge in [0.1, 0.15) is 5.69 Å². The number of carbonyl (C=O) groups excluding carboxylic acids is 1. The maximum Gasteiger partial charge on any atom is 0.433 e. The molecule has 0 aliphatic carbocycles. The van der Waals surface area contributed by atoms with E-state index in [0.717, 1.165) is 18.9 Å². The summed E-state index contributed by atoms with van der Waals surface area (Å²) in [5.74, 6) is -0.476. The Hall–Kier alpha value is -1.92. The molecular formula is C17H13Br2F3N4O3. The Morgan fingerprint density at radius 1 is 1.34 bits per heavy atom. The van der Waals surface area contributed by atoms with Gasteiger partial charge in [0.05, 0.1) is 10.6 Å². The third-order valence-electron chi connectivity index (χ3n) is 4.38. The van der Waals surface area contributed by atoms with Crippen LogP contribution in [-0.2, 0) is 10.9 Å². The molecular weight excluding hydrogens is 525 g/mol. The minimum atomic E-state index is -4.73. The van der Waals surface area contributed by atoms with Gasteiger partial charge in [-0.2, -0.15) is 18.3 Å². The van der Waals surface area contributed by atoms with E-state index in [9.17, 15) is 18.0 Å². The van der Waals surface area contributed by atoms with Crippen molar-refractivity contribution in [3.8, 4) is 11.5 Å². The Morgan fingerprint density at radius 2 is 2.14 bits per heavy atom. The van der Waals surface area contributed by atoms with Gasteiger partial charge in [-0.3, -0.25) is 4.79 Å². The Morgan fingerprint density at radius 3 is 2.76 bits per heavy atom. The highest BCUT2D eigenvalue weighted by Crippen LogP contribution is 2.35. The number of carbonyl (C=O) groups is 1. The zero-order valence-corrected chi connectivity index (χ0v) is 17.8. The molecule has 1 N–H and O–H groups in total. The lowest BCUT2D eigenvalue weighted by atomic mass is 10.2. The van der Waals surface area contributed by atoms with Crippen molar-refractivity contribution < 1.29 is 27.1 Å². The second kappa shape index (κ2) is 7.73. The zero-order chi connectivity index (χ0) is 20.8. The largest absolute Gasteiger partial charge is 0.448 e. The molecule has 12 heteroatoms. The quantitative estimate of drug-likeness (QED) is 0.532. The van der Waals surface area contributed by atoms with Crippen molar-refractivity contribution in [2.24, 2.45) is 0 Å². The lowest BCUT2D eigenvalue weighted by Crippen LogP contribution is -2.32. The van der Waals surface area contributed by atoms with E-state index in [1.165, 1.54) is 6.07 Å². The summed E-state index contributed by atoms with van der Waals surface area (Å²) in [4.78, 5) is 16.7. The van der Waals surface area contributed by atoms with Crippen LogP contribution >= 0.6 is 31.9 Å². The molecule has 154 valence electrons. The summed E-state index contributed by atoms with van der Waals surface area (Å²) in [5, 5.41) is 6.51. The summed E-state index contributed by atoms with van der Waals surface area (Å²) in [7, 11) is 0. The number of ether oxygens (including phenoxy) is 1.